The number of sulfone groups is 1. The van der Waals surface area contributed by atoms with Gasteiger partial charge in [-0.25, -0.2) is 8.42 Å². The predicted octanol–water partition coefficient (Wildman–Crippen LogP) is 16.0. The Balaban J connectivity index is 0.000000346. The molecule has 0 spiro atoms. The molecule has 75 heavy (non-hydrogen) atoms. The molecule has 0 aliphatic heterocycles. The minimum atomic E-state index is -3.74. The van der Waals surface area contributed by atoms with Crippen LogP contribution in [0.4, 0.5) is 5.69 Å². The summed E-state index contributed by atoms with van der Waals surface area (Å²) in [6, 6.07) is 25.9. The third-order valence-electron chi connectivity index (χ3n) is 13.0. The van der Waals surface area contributed by atoms with E-state index in [0.29, 0.717) is 29.2 Å². The van der Waals surface area contributed by atoms with Crippen LogP contribution in [0.25, 0.3) is 0 Å². The van der Waals surface area contributed by atoms with E-state index >= 15 is 0 Å². The summed E-state index contributed by atoms with van der Waals surface area (Å²) in [5.74, 6) is 1.44. The molecule has 0 radical (unpaired) electrons. The van der Waals surface area contributed by atoms with Crippen LogP contribution >= 0.6 is 0 Å². The van der Waals surface area contributed by atoms with Gasteiger partial charge in [-0.15, -0.1) is 0 Å². The predicted molar refractivity (Wildman–Crippen MR) is 307 cm³/mol. The van der Waals surface area contributed by atoms with Gasteiger partial charge in [-0.05, 0) is 158 Å². The molecule has 5 aromatic carbocycles. The first-order valence-corrected chi connectivity index (χ1v) is 28.3. The Bertz CT molecular complexity index is 2610. The van der Waals surface area contributed by atoms with Gasteiger partial charge in [0.15, 0.2) is 6.10 Å². The van der Waals surface area contributed by atoms with Gasteiger partial charge in [0, 0.05) is 16.7 Å². The van der Waals surface area contributed by atoms with Crippen LogP contribution in [0.3, 0.4) is 0 Å². The van der Waals surface area contributed by atoms with Crippen LogP contribution in [-0.2, 0) is 25.5 Å². The van der Waals surface area contributed by atoms with Crippen LogP contribution in [-0.4, -0.2) is 46.0 Å². The average Bonchev–Trinajstić information content (AvgIpc) is 3.30. The molecular weight excluding hydrogens is 961 g/mol. The first-order valence-electron chi connectivity index (χ1n) is 26.8. The number of nitrogens with one attached hydrogen (secondary N) is 2. The zero-order valence-electron chi connectivity index (χ0n) is 47.9. The summed E-state index contributed by atoms with van der Waals surface area (Å²) >= 11 is 0. The number of carbonyl (C=O) groups excluding carboxylic acids is 1. The van der Waals surface area contributed by atoms with E-state index in [-0.39, 0.29) is 60.5 Å². The van der Waals surface area contributed by atoms with E-state index < -0.39 is 15.9 Å². The van der Waals surface area contributed by atoms with Gasteiger partial charge in [0.2, 0.25) is 9.84 Å². The number of ether oxygens (including phenoxy) is 1. The molecule has 12 heteroatoms. The number of aryl methyl sites for hydroxylation is 2. The van der Waals surface area contributed by atoms with Crippen molar-refractivity contribution >= 4 is 21.4 Å². The maximum absolute atomic E-state index is 13.0. The van der Waals surface area contributed by atoms with Crippen molar-refractivity contribution in [2.75, 3.05) is 5.43 Å². The van der Waals surface area contributed by atoms with Gasteiger partial charge in [0.25, 0.3) is 5.91 Å². The van der Waals surface area contributed by atoms with Gasteiger partial charge in [-0.2, -0.15) is 0 Å². The van der Waals surface area contributed by atoms with Crippen LogP contribution in [0.1, 0.15) is 194 Å². The highest BCUT2D eigenvalue weighted by atomic mass is 32.2. The maximum atomic E-state index is 13.0. The second-order valence-corrected chi connectivity index (χ2v) is 26.3. The Labute approximate surface area is 451 Å². The van der Waals surface area contributed by atoms with Crippen molar-refractivity contribution in [2.45, 2.75) is 207 Å². The number of aromatic hydroxyl groups is 5. The number of carbonyl (C=O) groups is 1. The van der Waals surface area contributed by atoms with Crippen molar-refractivity contribution in [3.05, 3.63) is 125 Å². The lowest BCUT2D eigenvalue weighted by Crippen LogP contribution is -2.41. The van der Waals surface area contributed by atoms with Crippen LogP contribution in [0.2, 0.25) is 0 Å². The molecule has 0 saturated heterocycles. The average molecular weight is 1050 g/mol. The second kappa shape index (κ2) is 27.8. The van der Waals surface area contributed by atoms with Crippen LogP contribution in [0, 0.1) is 24.7 Å². The summed E-state index contributed by atoms with van der Waals surface area (Å²) in [7, 11) is -3.74. The number of benzene rings is 5. The monoisotopic (exact) mass is 1050 g/mol. The third-order valence-corrected chi connectivity index (χ3v) is 14.8. The summed E-state index contributed by atoms with van der Waals surface area (Å²) in [4.78, 5) is 13.2. The standard InChI is InChI=1S/C31H40N2O5S.C22H38O2.C10H14O2/c1-3-4-5-6-7-8-9-10-11-30(31(35)33-32-25-14-12-24(2)13-15-25)38-27-18-22-29(23-19-27)39(36,37)28-20-16-26(34)17-21-28;1-19(2,3)13-21(7,8)15-11-18(24)16(12-17(15)23)22(9,10)14-20(4,5)6;1-6(2)8-5-9(11)7(3)4-10(8)12/h12-23,30,32,34H,3-11H2,1-2H3,(H,33,35);11-12,23-24H,13-14H2,1-10H3;4-6,11-12H,1-3H3. The third kappa shape index (κ3) is 21.0. The molecule has 7 N–H and O–H groups in total. The van der Waals surface area contributed by atoms with E-state index in [9.17, 15) is 38.7 Å². The van der Waals surface area contributed by atoms with Gasteiger partial charge < -0.3 is 30.3 Å². The molecule has 0 fully saturated rings. The highest BCUT2D eigenvalue weighted by molar-refractivity contribution is 7.91. The minimum Gasteiger partial charge on any atom is -0.508 e. The van der Waals surface area contributed by atoms with Gasteiger partial charge >= 0.3 is 0 Å². The van der Waals surface area contributed by atoms with Crippen molar-refractivity contribution in [2.24, 2.45) is 10.8 Å². The zero-order valence-corrected chi connectivity index (χ0v) is 48.8. The Morgan fingerprint density at radius 1 is 0.573 bits per heavy atom. The highest BCUT2D eigenvalue weighted by Gasteiger charge is 2.34. The number of hydrogen-bond donors (Lipinski definition) is 7. The van der Waals surface area contributed by atoms with Gasteiger partial charge in [-0.1, -0.05) is 153 Å². The Hall–Kier alpha value is -5.88. The van der Waals surface area contributed by atoms with E-state index in [4.69, 9.17) is 4.74 Å². The van der Waals surface area contributed by atoms with Crippen molar-refractivity contribution in [3.63, 3.8) is 0 Å². The van der Waals surface area contributed by atoms with Crippen molar-refractivity contribution in [3.8, 4) is 34.5 Å². The number of rotatable bonds is 21. The summed E-state index contributed by atoms with van der Waals surface area (Å²) in [5.41, 5.74) is 10.6. The molecule has 5 aromatic rings. The first-order chi connectivity index (χ1) is 34.8. The molecule has 11 nitrogen and oxygen atoms in total. The summed E-state index contributed by atoms with van der Waals surface area (Å²) in [6.45, 7) is 31.7. The topological polar surface area (TPSA) is 186 Å². The highest BCUT2D eigenvalue weighted by Crippen LogP contribution is 2.47. The smallest absolute Gasteiger partial charge is 0.279 e. The fourth-order valence-electron chi connectivity index (χ4n) is 9.84. The molecule has 1 amide bonds. The maximum Gasteiger partial charge on any atom is 0.279 e. The molecular formula is C63H92N2O9S. The Morgan fingerprint density at radius 2 is 1.03 bits per heavy atom. The fraction of sp³-hybridized carbons (Fsp3) is 0.508. The van der Waals surface area contributed by atoms with E-state index in [1.54, 1.807) is 43.3 Å². The molecule has 0 saturated carbocycles. The van der Waals surface area contributed by atoms with E-state index in [1.807, 2.05) is 45.0 Å². The minimum absolute atomic E-state index is 0.00428. The molecule has 0 bridgehead atoms. The molecule has 5 rings (SSSR count). The number of amides is 1. The first kappa shape index (κ1) is 63.4. The lowest BCUT2D eigenvalue weighted by molar-refractivity contribution is -0.127. The van der Waals surface area contributed by atoms with Crippen molar-refractivity contribution in [1.82, 2.24) is 5.43 Å². The lowest BCUT2D eigenvalue weighted by atomic mass is 9.69. The summed E-state index contributed by atoms with van der Waals surface area (Å²) in [6.07, 6.45) is 10.9. The lowest BCUT2D eigenvalue weighted by Gasteiger charge is -2.36. The number of anilines is 1. The Morgan fingerprint density at radius 3 is 1.48 bits per heavy atom. The van der Waals surface area contributed by atoms with Crippen LogP contribution in [0.5, 0.6) is 34.5 Å². The molecule has 1 atom stereocenters. The second-order valence-electron chi connectivity index (χ2n) is 24.3. The summed E-state index contributed by atoms with van der Waals surface area (Å²) in [5, 5.41) is 49.7. The number of unbranched alkanes of at least 4 members (excludes halogenated alkanes) is 7. The summed E-state index contributed by atoms with van der Waals surface area (Å²) < 4.78 is 31.9. The SMILES string of the molecule is CC(C)(C)CC(C)(C)c1cc(O)c(C(C)(C)CC(C)(C)C)cc1O.CCCCCCCCCCC(Oc1ccc(S(=O)(=O)c2ccc(O)cc2)cc1)C(=O)NNc1ccc(C)cc1.Cc1cc(O)c(C(C)C)cc1O. The van der Waals surface area contributed by atoms with Gasteiger partial charge in [0.1, 0.15) is 34.5 Å². The van der Waals surface area contributed by atoms with E-state index in [0.717, 1.165) is 60.0 Å². The molecule has 1 unspecified atom stereocenters. The zero-order chi connectivity index (χ0) is 56.5. The largest absolute Gasteiger partial charge is 0.508 e. The molecule has 414 valence electrons. The molecule has 0 heterocycles. The number of phenols is 5. The Kier molecular flexibility index (Phi) is 23.5. The van der Waals surface area contributed by atoms with Gasteiger partial charge in [-0.3, -0.25) is 15.6 Å². The number of phenolic OH excluding ortho intramolecular Hbond substituents is 5. The number of hydrogen-bond acceptors (Lipinski definition) is 10. The fourth-order valence-corrected chi connectivity index (χ4v) is 11.1. The quantitative estimate of drug-likeness (QED) is 0.0212. The van der Waals surface area contributed by atoms with Gasteiger partial charge in [0.05, 0.1) is 15.5 Å². The van der Waals surface area contributed by atoms with E-state index in [1.165, 1.54) is 68.5 Å². The molecule has 0 aromatic heterocycles. The molecule has 0 aliphatic rings. The number of hydrazine groups is 1. The van der Waals surface area contributed by atoms with E-state index in [2.05, 4.69) is 87.0 Å². The van der Waals surface area contributed by atoms with Crippen molar-refractivity contribution < 1.29 is 43.5 Å². The van der Waals surface area contributed by atoms with Crippen LogP contribution in [0.15, 0.2) is 107 Å². The van der Waals surface area contributed by atoms with Crippen LogP contribution < -0.4 is 15.6 Å². The normalized spacial score (nSPS) is 12.5. The van der Waals surface area contributed by atoms with Crippen molar-refractivity contribution in [1.29, 1.82) is 0 Å². The molecule has 0 aliphatic carbocycles.